The van der Waals surface area contributed by atoms with Crippen LogP contribution in [0.2, 0.25) is 0 Å². The minimum atomic E-state index is 0.406. The van der Waals surface area contributed by atoms with Crippen LogP contribution in [0.15, 0.2) is 18.3 Å². The Bertz CT molecular complexity index is 391. The van der Waals surface area contributed by atoms with Crippen molar-refractivity contribution in [2.45, 2.75) is 46.1 Å². The first-order valence-electron chi connectivity index (χ1n) is 7.65. The van der Waals surface area contributed by atoms with Gasteiger partial charge in [-0.15, -0.1) is 0 Å². The molecule has 2 heterocycles. The van der Waals surface area contributed by atoms with E-state index in [1.54, 1.807) is 0 Å². The van der Waals surface area contributed by atoms with Gasteiger partial charge in [0.1, 0.15) is 5.82 Å². The fourth-order valence-electron chi connectivity index (χ4n) is 2.75. The SMILES string of the molecule is CCCNC(C)c1ccnc(N2CCCC(C)C2)c1. The molecule has 0 aliphatic carbocycles. The minimum absolute atomic E-state index is 0.406. The van der Waals surface area contributed by atoms with Crippen LogP contribution in [-0.4, -0.2) is 24.6 Å². The van der Waals surface area contributed by atoms with E-state index in [1.807, 2.05) is 6.20 Å². The summed E-state index contributed by atoms with van der Waals surface area (Å²) in [4.78, 5) is 6.99. The van der Waals surface area contributed by atoms with Crippen molar-refractivity contribution < 1.29 is 0 Å². The van der Waals surface area contributed by atoms with Gasteiger partial charge in [0.15, 0.2) is 0 Å². The number of pyridine rings is 1. The quantitative estimate of drug-likeness (QED) is 0.880. The van der Waals surface area contributed by atoms with Gasteiger partial charge < -0.3 is 10.2 Å². The third-order valence-electron chi connectivity index (χ3n) is 3.95. The molecule has 0 bridgehead atoms. The number of hydrogen-bond acceptors (Lipinski definition) is 3. The maximum absolute atomic E-state index is 4.56. The molecule has 2 unspecified atom stereocenters. The first-order valence-corrected chi connectivity index (χ1v) is 7.65. The van der Waals surface area contributed by atoms with Crippen molar-refractivity contribution in [2.24, 2.45) is 5.92 Å². The highest BCUT2D eigenvalue weighted by atomic mass is 15.2. The summed E-state index contributed by atoms with van der Waals surface area (Å²) in [5, 5.41) is 3.54. The summed E-state index contributed by atoms with van der Waals surface area (Å²) >= 11 is 0. The van der Waals surface area contributed by atoms with Gasteiger partial charge in [0, 0.05) is 25.3 Å². The lowest BCUT2D eigenvalue weighted by Crippen LogP contribution is -2.35. The van der Waals surface area contributed by atoms with Gasteiger partial charge in [0.05, 0.1) is 0 Å². The van der Waals surface area contributed by atoms with Gasteiger partial charge in [-0.3, -0.25) is 0 Å². The smallest absolute Gasteiger partial charge is 0.128 e. The van der Waals surface area contributed by atoms with E-state index in [0.717, 1.165) is 31.4 Å². The van der Waals surface area contributed by atoms with E-state index in [-0.39, 0.29) is 0 Å². The first kappa shape index (κ1) is 14.3. The third-order valence-corrected chi connectivity index (χ3v) is 3.95. The molecule has 0 aromatic carbocycles. The van der Waals surface area contributed by atoms with Crippen LogP contribution in [0.25, 0.3) is 0 Å². The van der Waals surface area contributed by atoms with Crippen LogP contribution < -0.4 is 10.2 Å². The summed E-state index contributed by atoms with van der Waals surface area (Å²) in [6, 6.07) is 4.79. The average Bonchev–Trinajstić information content (AvgIpc) is 2.45. The lowest BCUT2D eigenvalue weighted by Gasteiger charge is -2.32. The number of rotatable bonds is 5. The van der Waals surface area contributed by atoms with Crippen molar-refractivity contribution >= 4 is 5.82 Å². The maximum atomic E-state index is 4.56. The Morgan fingerprint density at radius 1 is 1.53 bits per heavy atom. The molecule has 1 aliphatic heterocycles. The van der Waals surface area contributed by atoms with E-state index in [2.05, 4.69) is 48.1 Å². The normalized spacial score (nSPS) is 21.4. The lowest BCUT2D eigenvalue weighted by atomic mass is 10.00. The van der Waals surface area contributed by atoms with Crippen LogP contribution in [0.1, 0.15) is 51.6 Å². The summed E-state index contributed by atoms with van der Waals surface area (Å²) in [5.41, 5.74) is 1.34. The Labute approximate surface area is 117 Å². The summed E-state index contributed by atoms with van der Waals surface area (Å²) in [6.07, 6.45) is 5.77. The number of aromatic nitrogens is 1. The topological polar surface area (TPSA) is 28.2 Å². The molecule has 19 heavy (non-hydrogen) atoms. The highest BCUT2D eigenvalue weighted by Crippen LogP contribution is 2.23. The zero-order valence-corrected chi connectivity index (χ0v) is 12.5. The van der Waals surface area contributed by atoms with Gasteiger partial charge in [-0.2, -0.15) is 0 Å². The standard InChI is InChI=1S/C16H27N3/c1-4-8-17-14(3)15-7-9-18-16(11-15)19-10-5-6-13(2)12-19/h7,9,11,13-14,17H,4-6,8,10,12H2,1-3H3. The van der Waals surface area contributed by atoms with Crippen LogP contribution in [0, 0.1) is 5.92 Å². The molecule has 3 heteroatoms. The molecule has 1 N–H and O–H groups in total. The summed E-state index contributed by atoms with van der Waals surface area (Å²) in [6.45, 7) is 10.1. The van der Waals surface area contributed by atoms with Gasteiger partial charge in [-0.1, -0.05) is 13.8 Å². The predicted octanol–water partition coefficient (Wildman–Crippen LogP) is 3.38. The van der Waals surface area contributed by atoms with Crippen molar-refractivity contribution in [3.63, 3.8) is 0 Å². The van der Waals surface area contributed by atoms with E-state index in [1.165, 1.54) is 24.8 Å². The van der Waals surface area contributed by atoms with E-state index in [0.29, 0.717) is 6.04 Å². The molecule has 3 nitrogen and oxygen atoms in total. The Kier molecular flexibility index (Phi) is 5.20. The molecule has 1 saturated heterocycles. The molecule has 106 valence electrons. The number of piperidine rings is 1. The van der Waals surface area contributed by atoms with Gasteiger partial charge in [0.25, 0.3) is 0 Å². The maximum Gasteiger partial charge on any atom is 0.128 e. The average molecular weight is 261 g/mol. The fourth-order valence-corrected chi connectivity index (χ4v) is 2.75. The van der Waals surface area contributed by atoms with Crippen LogP contribution in [-0.2, 0) is 0 Å². The molecule has 1 aromatic rings. The Morgan fingerprint density at radius 2 is 2.37 bits per heavy atom. The largest absolute Gasteiger partial charge is 0.356 e. The number of hydrogen-bond donors (Lipinski definition) is 1. The van der Waals surface area contributed by atoms with E-state index < -0.39 is 0 Å². The van der Waals surface area contributed by atoms with Crippen LogP contribution in [0.4, 0.5) is 5.82 Å². The van der Waals surface area contributed by atoms with Crippen LogP contribution in [0.5, 0.6) is 0 Å². The van der Waals surface area contributed by atoms with E-state index in [9.17, 15) is 0 Å². The molecule has 1 aromatic heterocycles. The zero-order valence-electron chi connectivity index (χ0n) is 12.5. The molecule has 1 fully saturated rings. The molecule has 0 spiro atoms. The van der Waals surface area contributed by atoms with Crippen molar-refractivity contribution in [3.05, 3.63) is 23.9 Å². The molecule has 0 amide bonds. The highest BCUT2D eigenvalue weighted by molar-refractivity contribution is 5.42. The zero-order chi connectivity index (χ0) is 13.7. The van der Waals surface area contributed by atoms with Crippen molar-refractivity contribution in [3.8, 4) is 0 Å². The van der Waals surface area contributed by atoms with E-state index in [4.69, 9.17) is 0 Å². The van der Waals surface area contributed by atoms with E-state index >= 15 is 0 Å². The Hall–Kier alpha value is -1.09. The summed E-state index contributed by atoms with van der Waals surface area (Å²) < 4.78 is 0. The second kappa shape index (κ2) is 6.90. The van der Waals surface area contributed by atoms with Gasteiger partial charge in [-0.25, -0.2) is 4.98 Å². The van der Waals surface area contributed by atoms with Crippen LogP contribution >= 0.6 is 0 Å². The molecule has 0 saturated carbocycles. The van der Waals surface area contributed by atoms with Crippen LogP contribution in [0.3, 0.4) is 0 Å². The molecule has 2 atom stereocenters. The number of nitrogens with one attached hydrogen (secondary N) is 1. The second-order valence-corrected chi connectivity index (χ2v) is 5.82. The molecular formula is C16H27N3. The Balaban J connectivity index is 2.05. The summed E-state index contributed by atoms with van der Waals surface area (Å²) in [5.74, 6) is 1.93. The van der Waals surface area contributed by atoms with Gasteiger partial charge in [-0.05, 0) is 56.3 Å². The summed E-state index contributed by atoms with van der Waals surface area (Å²) in [7, 11) is 0. The van der Waals surface area contributed by atoms with Crippen molar-refractivity contribution in [1.29, 1.82) is 0 Å². The first-order chi connectivity index (χ1) is 9.20. The predicted molar refractivity (Wildman–Crippen MR) is 81.6 cm³/mol. The highest BCUT2D eigenvalue weighted by Gasteiger charge is 2.18. The monoisotopic (exact) mass is 261 g/mol. The molecule has 1 aliphatic rings. The Morgan fingerprint density at radius 3 is 3.11 bits per heavy atom. The lowest BCUT2D eigenvalue weighted by molar-refractivity contribution is 0.444. The molecule has 2 rings (SSSR count). The minimum Gasteiger partial charge on any atom is -0.356 e. The van der Waals surface area contributed by atoms with Gasteiger partial charge in [0.2, 0.25) is 0 Å². The molecular weight excluding hydrogens is 234 g/mol. The van der Waals surface area contributed by atoms with Crippen molar-refractivity contribution in [1.82, 2.24) is 10.3 Å². The van der Waals surface area contributed by atoms with Gasteiger partial charge >= 0.3 is 0 Å². The molecule has 0 radical (unpaired) electrons. The fraction of sp³-hybridized carbons (Fsp3) is 0.688. The second-order valence-electron chi connectivity index (χ2n) is 5.82. The number of nitrogens with zero attached hydrogens (tertiary/aromatic N) is 2. The number of anilines is 1. The third kappa shape index (κ3) is 3.93. The van der Waals surface area contributed by atoms with Crippen molar-refractivity contribution in [2.75, 3.05) is 24.5 Å².